The van der Waals surface area contributed by atoms with Crippen molar-refractivity contribution in [1.29, 1.82) is 0 Å². The van der Waals surface area contributed by atoms with Crippen LogP contribution in [-0.4, -0.2) is 86.8 Å². The Morgan fingerprint density at radius 2 is 1.43 bits per heavy atom. The highest BCUT2D eigenvalue weighted by molar-refractivity contribution is 6.06. The molecular weight excluding hydrogens is 739 g/mol. The summed E-state index contributed by atoms with van der Waals surface area (Å²) in [6.07, 6.45) is 10.5. The normalized spacial score (nSPS) is 15.1. The van der Waals surface area contributed by atoms with Gasteiger partial charge in [0.05, 0.1) is 76.2 Å². The second-order valence-electron chi connectivity index (χ2n) is 14.6. The Morgan fingerprint density at radius 3 is 2.21 bits per heavy atom. The predicted octanol–water partition coefficient (Wildman–Crippen LogP) is 7.60. The van der Waals surface area contributed by atoms with Gasteiger partial charge in [-0.3, -0.25) is 19.4 Å². The first-order chi connectivity index (χ1) is 28.4. The summed E-state index contributed by atoms with van der Waals surface area (Å²) < 4.78 is 28.2. The van der Waals surface area contributed by atoms with Gasteiger partial charge in [0.1, 0.15) is 5.75 Å². The number of carboxylic acids is 1. The molecule has 3 aromatic carbocycles. The zero-order chi connectivity index (χ0) is 40.4. The van der Waals surface area contributed by atoms with Crippen LogP contribution in [0.15, 0.2) is 85.1 Å². The van der Waals surface area contributed by atoms with E-state index in [1.54, 1.807) is 24.4 Å². The zero-order valence-corrected chi connectivity index (χ0v) is 33.1. The smallest absolute Gasteiger partial charge is 0.305 e. The van der Waals surface area contributed by atoms with Crippen molar-refractivity contribution in [3.8, 4) is 17.0 Å². The van der Waals surface area contributed by atoms with Crippen molar-refractivity contribution in [1.82, 2.24) is 10.3 Å². The van der Waals surface area contributed by atoms with Gasteiger partial charge in [-0.25, -0.2) is 0 Å². The van der Waals surface area contributed by atoms with Gasteiger partial charge in [-0.2, -0.15) is 0 Å². The molecule has 2 amide bonds. The predicted molar refractivity (Wildman–Crippen MR) is 220 cm³/mol. The molecule has 1 unspecified atom stereocenters. The summed E-state index contributed by atoms with van der Waals surface area (Å²) in [5.41, 5.74) is 6.32. The van der Waals surface area contributed by atoms with Crippen LogP contribution in [0.2, 0.25) is 0 Å². The Balaban J connectivity index is 1.01. The molecule has 0 saturated heterocycles. The Labute approximate surface area is 340 Å². The molecule has 0 aliphatic heterocycles. The number of benzene rings is 3. The quantitative estimate of drug-likeness (QED) is 0.0640. The Hall–Kier alpha value is -5.14. The van der Waals surface area contributed by atoms with E-state index >= 15 is 0 Å². The first kappa shape index (κ1) is 42.5. The summed E-state index contributed by atoms with van der Waals surface area (Å²) in [6.45, 7) is 3.24. The molecule has 0 bridgehead atoms. The molecule has 0 spiro atoms. The van der Waals surface area contributed by atoms with Crippen LogP contribution in [0, 0.1) is 0 Å². The maximum absolute atomic E-state index is 13.7. The lowest BCUT2D eigenvalue weighted by Gasteiger charge is -2.26. The number of carboxylic acid groups (broad SMARTS) is 1. The molecule has 0 radical (unpaired) electrons. The first-order valence-electron chi connectivity index (χ1n) is 20.5. The lowest BCUT2D eigenvalue weighted by atomic mass is 9.87. The average Bonchev–Trinajstić information content (AvgIpc) is 3.76. The topological polar surface area (TPSA) is 155 Å². The van der Waals surface area contributed by atoms with E-state index in [-0.39, 0.29) is 37.0 Å². The van der Waals surface area contributed by atoms with E-state index in [4.69, 9.17) is 28.8 Å². The summed E-state index contributed by atoms with van der Waals surface area (Å²) in [5.74, 6) is -0.595. The van der Waals surface area contributed by atoms with Crippen molar-refractivity contribution in [3.05, 3.63) is 113 Å². The molecule has 1 saturated carbocycles. The van der Waals surface area contributed by atoms with Crippen molar-refractivity contribution in [3.63, 3.8) is 0 Å². The lowest BCUT2D eigenvalue weighted by Crippen LogP contribution is -2.31. The molecule has 1 heterocycles. The summed E-state index contributed by atoms with van der Waals surface area (Å²) in [6, 6.07) is 25.0. The summed E-state index contributed by atoms with van der Waals surface area (Å²) >= 11 is 0. The van der Waals surface area contributed by atoms with Crippen LogP contribution >= 0.6 is 0 Å². The Morgan fingerprint density at radius 1 is 0.707 bits per heavy atom. The van der Waals surface area contributed by atoms with Gasteiger partial charge in [-0.1, -0.05) is 36.4 Å². The van der Waals surface area contributed by atoms with E-state index in [9.17, 15) is 14.4 Å². The van der Waals surface area contributed by atoms with Gasteiger partial charge in [0.2, 0.25) is 0 Å². The molecule has 1 fully saturated rings. The number of aryl methyl sites for hydroxylation is 2. The number of ether oxygens (including phenoxy) is 5. The molecule has 308 valence electrons. The molecule has 1 aromatic heterocycles. The fraction of sp³-hybridized carbons (Fsp3) is 0.435. The molecule has 12 nitrogen and oxygen atoms in total. The first-order valence-corrected chi connectivity index (χ1v) is 20.5. The van der Waals surface area contributed by atoms with Crippen molar-refractivity contribution in [2.75, 3.05) is 58.2 Å². The summed E-state index contributed by atoms with van der Waals surface area (Å²) in [5, 5.41) is 15.0. The molecular formula is C46H55N3O9. The van der Waals surface area contributed by atoms with Crippen LogP contribution in [0.3, 0.4) is 0 Å². The van der Waals surface area contributed by atoms with Crippen LogP contribution in [0.25, 0.3) is 11.3 Å². The number of amides is 2. The van der Waals surface area contributed by atoms with Gasteiger partial charge in [-0.05, 0) is 117 Å². The minimum absolute atomic E-state index is 0.0173. The molecule has 2 aliphatic rings. The third-order valence-corrected chi connectivity index (χ3v) is 10.3. The van der Waals surface area contributed by atoms with Gasteiger partial charge in [-0.15, -0.1) is 0 Å². The number of carbonyl (C=O) groups is 3. The average molecular weight is 794 g/mol. The highest BCUT2D eigenvalue weighted by Gasteiger charge is 2.23. The van der Waals surface area contributed by atoms with E-state index in [0.717, 1.165) is 63.4 Å². The fourth-order valence-corrected chi connectivity index (χ4v) is 7.34. The number of fused-ring (bicyclic) bond motifs is 1. The summed E-state index contributed by atoms with van der Waals surface area (Å²) in [4.78, 5) is 42.5. The van der Waals surface area contributed by atoms with Crippen LogP contribution in [0.1, 0.15) is 94.8 Å². The molecule has 58 heavy (non-hydrogen) atoms. The van der Waals surface area contributed by atoms with Gasteiger partial charge >= 0.3 is 5.97 Å². The van der Waals surface area contributed by atoms with Gasteiger partial charge in [0, 0.05) is 29.5 Å². The fourth-order valence-electron chi connectivity index (χ4n) is 7.34. The molecule has 6 rings (SSSR count). The van der Waals surface area contributed by atoms with Crippen molar-refractivity contribution >= 4 is 23.5 Å². The molecule has 1 atom stereocenters. The molecule has 3 N–H and O–H groups in total. The number of hydrogen-bond donors (Lipinski definition) is 3. The van der Waals surface area contributed by atoms with Gasteiger partial charge < -0.3 is 39.4 Å². The maximum Gasteiger partial charge on any atom is 0.305 e. The van der Waals surface area contributed by atoms with Crippen LogP contribution < -0.4 is 15.4 Å². The van der Waals surface area contributed by atoms with E-state index in [1.165, 1.54) is 11.1 Å². The molecule has 12 heteroatoms. The number of carbonyl (C=O) groups excluding carboxylic acids is 2. The van der Waals surface area contributed by atoms with E-state index in [0.29, 0.717) is 80.1 Å². The van der Waals surface area contributed by atoms with Crippen molar-refractivity contribution < 1.29 is 43.2 Å². The largest absolute Gasteiger partial charge is 0.490 e. The number of aromatic nitrogens is 1. The highest BCUT2D eigenvalue weighted by atomic mass is 16.6. The Bertz CT molecular complexity index is 1950. The van der Waals surface area contributed by atoms with E-state index in [1.807, 2.05) is 48.5 Å². The lowest BCUT2D eigenvalue weighted by molar-refractivity contribution is -0.138. The minimum Gasteiger partial charge on any atom is -0.490 e. The van der Waals surface area contributed by atoms with Crippen LogP contribution in [0.4, 0.5) is 5.69 Å². The van der Waals surface area contributed by atoms with Crippen LogP contribution in [-0.2, 0) is 36.6 Å². The number of pyridine rings is 1. The van der Waals surface area contributed by atoms with Crippen molar-refractivity contribution in [2.45, 2.75) is 76.4 Å². The zero-order valence-electron chi connectivity index (χ0n) is 33.1. The highest BCUT2D eigenvalue weighted by Crippen LogP contribution is 2.34. The SMILES string of the molecule is O=C(O)CCOCCOCCOCCOCCCc1cccc(C(=O)Nc2ccc(OC3CCCC3)cc2-c2cc(C(=O)NC3CCCc4ccccc43)ccn2)c1. The number of nitrogens with one attached hydrogen (secondary N) is 2. The summed E-state index contributed by atoms with van der Waals surface area (Å²) in [7, 11) is 0. The van der Waals surface area contributed by atoms with Crippen molar-refractivity contribution in [2.24, 2.45) is 0 Å². The van der Waals surface area contributed by atoms with Gasteiger partial charge in [0.15, 0.2) is 0 Å². The number of anilines is 1. The Kier molecular flexibility index (Phi) is 16.6. The minimum atomic E-state index is -0.883. The second kappa shape index (κ2) is 22.7. The third-order valence-electron chi connectivity index (χ3n) is 10.3. The van der Waals surface area contributed by atoms with E-state index in [2.05, 4.69) is 27.8 Å². The third kappa shape index (κ3) is 13.2. The molecule has 2 aliphatic carbocycles. The number of hydrogen-bond acceptors (Lipinski definition) is 9. The standard InChI is InChI=1S/C46H55N3O9/c50-44(51)20-23-55-25-27-57-29-28-56-26-24-54-22-7-9-33-8-5-12-35(30-33)45(52)49-42-18-17-38(58-37-13-2-3-14-37)32-40(42)43-31-36(19-21-47-43)46(53)48-41-16-6-11-34-10-1-4-15-39(34)41/h1,4-5,8,10,12,15,17-19,21,30-32,37,41H,2-3,6-7,9,11,13-14,16,20,22-29H2,(H,48,53)(H,49,52)(H,50,51). The number of aliphatic carboxylic acids is 1. The van der Waals surface area contributed by atoms with Crippen LogP contribution in [0.5, 0.6) is 5.75 Å². The number of rotatable bonds is 23. The second-order valence-corrected chi connectivity index (χ2v) is 14.6. The number of nitrogens with zero attached hydrogens (tertiary/aromatic N) is 1. The van der Waals surface area contributed by atoms with E-state index < -0.39 is 5.97 Å². The monoisotopic (exact) mass is 793 g/mol. The molecule has 4 aromatic rings. The maximum atomic E-state index is 13.7. The van der Waals surface area contributed by atoms with Gasteiger partial charge in [0.25, 0.3) is 11.8 Å².